The summed E-state index contributed by atoms with van der Waals surface area (Å²) < 4.78 is 5.89. The molecule has 1 heterocycles. The van der Waals surface area contributed by atoms with Gasteiger partial charge in [-0.25, -0.2) is 0 Å². The van der Waals surface area contributed by atoms with Crippen molar-refractivity contribution in [3.63, 3.8) is 0 Å². The highest BCUT2D eigenvalue weighted by Crippen LogP contribution is 2.33. The topological polar surface area (TPSA) is 9.23 Å². The Balaban J connectivity index is 1.81. The quantitative estimate of drug-likeness (QED) is 0.743. The summed E-state index contributed by atoms with van der Waals surface area (Å²) in [5, 5.41) is 0. The minimum atomic E-state index is 0.296. The molecule has 1 saturated heterocycles. The van der Waals surface area contributed by atoms with Gasteiger partial charge in [0.1, 0.15) is 0 Å². The van der Waals surface area contributed by atoms with Crippen LogP contribution in [0.3, 0.4) is 0 Å². The maximum atomic E-state index is 5.89. The van der Waals surface area contributed by atoms with Gasteiger partial charge >= 0.3 is 0 Å². The van der Waals surface area contributed by atoms with Crippen LogP contribution in [0.2, 0.25) is 0 Å². The molecule has 0 amide bonds. The average Bonchev–Trinajstić information content (AvgIpc) is 2.87. The third-order valence-corrected chi connectivity index (χ3v) is 3.62. The molecule has 18 heavy (non-hydrogen) atoms. The van der Waals surface area contributed by atoms with E-state index >= 15 is 0 Å². The average molecular weight is 238 g/mol. The van der Waals surface area contributed by atoms with E-state index < -0.39 is 0 Å². The molecule has 1 nitrogen and oxygen atoms in total. The van der Waals surface area contributed by atoms with Gasteiger partial charge in [0.25, 0.3) is 0 Å². The Kier molecular flexibility index (Phi) is 3.16. The first kappa shape index (κ1) is 11.5. The van der Waals surface area contributed by atoms with E-state index in [1.165, 1.54) is 23.1 Å². The highest BCUT2D eigenvalue weighted by molar-refractivity contribution is 5.63. The Morgan fingerprint density at radius 3 is 2.11 bits per heavy atom. The maximum absolute atomic E-state index is 5.89. The zero-order valence-corrected chi connectivity index (χ0v) is 10.7. The molecule has 92 valence electrons. The van der Waals surface area contributed by atoms with Crippen molar-refractivity contribution in [3.05, 3.63) is 60.2 Å². The third kappa shape index (κ3) is 2.32. The summed E-state index contributed by atoms with van der Waals surface area (Å²) in [6, 6.07) is 19.3. The minimum absolute atomic E-state index is 0.296. The van der Waals surface area contributed by atoms with Gasteiger partial charge in [-0.05, 0) is 36.5 Å². The monoisotopic (exact) mass is 238 g/mol. The van der Waals surface area contributed by atoms with Gasteiger partial charge in [-0.1, -0.05) is 54.6 Å². The van der Waals surface area contributed by atoms with Crippen LogP contribution in [-0.4, -0.2) is 6.10 Å². The summed E-state index contributed by atoms with van der Waals surface area (Å²) in [5.74, 6) is 0. The molecule has 0 saturated carbocycles. The second-order valence-electron chi connectivity index (χ2n) is 5.00. The molecule has 0 radical (unpaired) electrons. The lowest BCUT2D eigenvalue weighted by molar-refractivity contribution is 0.0556. The molecule has 2 aromatic carbocycles. The van der Waals surface area contributed by atoms with Crippen LogP contribution < -0.4 is 0 Å². The summed E-state index contributed by atoms with van der Waals surface area (Å²) >= 11 is 0. The van der Waals surface area contributed by atoms with Crippen molar-refractivity contribution >= 4 is 0 Å². The number of hydrogen-bond donors (Lipinski definition) is 0. The fourth-order valence-electron chi connectivity index (χ4n) is 2.57. The Hall–Kier alpha value is -1.60. The fourth-order valence-corrected chi connectivity index (χ4v) is 2.57. The summed E-state index contributed by atoms with van der Waals surface area (Å²) in [5.41, 5.74) is 3.84. The number of rotatable bonds is 2. The molecule has 3 rings (SSSR count). The Morgan fingerprint density at radius 2 is 1.50 bits per heavy atom. The van der Waals surface area contributed by atoms with Crippen LogP contribution in [0.25, 0.3) is 11.1 Å². The lowest BCUT2D eigenvalue weighted by Crippen LogP contribution is -2.00. The Labute approximate surface area is 108 Å². The molecule has 1 aliphatic rings. The van der Waals surface area contributed by atoms with E-state index in [-0.39, 0.29) is 0 Å². The normalized spacial score (nSPS) is 23.2. The van der Waals surface area contributed by atoms with E-state index in [0.29, 0.717) is 12.2 Å². The maximum Gasteiger partial charge on any atom is 0.0829 e. The Bertz CT molecular complexity index is 501. The molecule has 0 N–H and O–H groups in total. The number of benzene rings is 2. The van der Waals surface area contributed by atoms with Crippen LogP contribution in [0.1, 0.15) is 31.4 Å². The zero-order valence-electron chi connectivity index (χ0n) is 10.7. The highest BCUT2D eigenvalue weighted by Gasteiger charge is 2.22. The second kappa shape index (κ2) is 4.95. The van der Waals surface area contributed by atoms with Gasteiger partial charge < -0.3 is 4.74 Å². The molecule has 2 aromatic rings. The van der Waals surface area contributed by atoms with E-state index in [9.17, 15) is 0 Å². The standard InChI is InChI=1S/C17H18O/c1-13-7-12-17(18-13)16-10-8-15(9-11-16)14-5-3-2-4-6-14/h2-6,8-11,13,17H,7,12H2,1H3/t13-,17+/m1/s1. The van der Waals surface area contributed by atoms with Crippen LogP contribution in [0.4, 0.5) is 0 Å². The molecule has 0 spiro atoms. The molecule has 1 fully saturated rings. The smallest absolute Gasteiger partial charge is 0.0829 e. The van der Waals surface area contributed by atoms with E-state index in [4.69, 9.17) is 4.74 Å². The van der Waals surface area contributed by atoms with Crippen molar-refractivity contribution in [1.29, 1.82) is 0 Å². The van der Waals surface area contributed by atoms with Gasteiger partial charge in [0, 0.05) is 0 Å². The molecule has 0 bridgehead atoms. The van der Waals surface area contributed by atoms with Crippen LogP contribution >= 0.6 is 0 Å². The van der Waals surface area contributed by atoms with Crippen LogP contribution in [0, 0.1) is 0 Å². The van der Waals surface area contributed by atoms with Gasteiger partial charge in [0.2, 0.25) is 0 Å². The van der Waals surface area contributed by atoms with E-state index in [1.807, 2.05) is 6.07 Å². The summed E-state index contributed by atoms with van der Waals surface area (Å²) in [6.45, 7) is 2.15. The molecule has 1 heteroatoms. The second-order valence-corrected chi connectivity index (χ2v) is 5.00. The highest BCUT2D eigenvalue weighted by atomic mass is 16.5. The van der Waals surface area contributed by atoms with Gasteiger partial charge in [-0.3, -0.25) is 0 Å². The van der Waals surface area contributed by atoms with Gasteiger partial charge in [0.15, 0.2) is 0 Å². The predicted octanol–water partition coefficient (Wildman–Crippen LogP) is 4.59. The Morgan fingerprint density at radius 1 is 0.833 bits per heavy atom. The molecule has 2 atom stereocenters. The molecular weight excluding hydrogens is 220 g/mol. The summed E-state index contributed by atoms with van der Waals surface area (Å²) in [6.07, 6.45) is 3.02. The van der Waals surface area contributed by atoms with Gasteiger partial charge in [0.05, 0.1) is 12.2 Å². The molecule has 1 aliphatic heterocycles. The molecule has 0 unspecified atom stereocenters. The first-order chi connectivity index (χ1) is 8.83. The first-order valence-electron chi connectivity index (χ1n) is 6.64. The molecule has 0 aliphatic carbocycles. The summed E-state index contributed by atoms with van der Waals surface area (Å²) in [4.78, 5) is 0. The molecule has 0 aromatic heterocycles. The number of ether oxygens (including phenoxy) is 1. The van der Waals surface area contributed by atoms with Crippen LogP contribution in [0.15, 0.2) is 54.6 Å². The first-order valence-corrected chi connectivity index (χ1v) is 6.64. The van der Waals surface area contributed by atoms with Crippen molar-refractivity contribution in [2.24, 2.45) is 0 Å². The zero-order chi connectivity index (χ0) is 12.4. The minimum Gasteiger partial charge on any atom is -0.371 e. The predicted molar refractivity (Wildman–Crippen MR) is 74.4 cm³/mol. The van der Waals surface area contributed by atoms with Crippen molar-refractivity contribution in [3.8, 4) is 11.1 Å². The SMILES string of the molecule is C[C@@H]1CC[C@@H](c2ccc(-c3ccccc3)cc2)O1. The molecular formula is C17H18O. The number of hydrogen-bond acceptors (Lipinski definition) is 1. The van der Waals surface area contributed by atoms with Gasteiger partial charge in [-0.2, -0.15) is 0 Å². The van der Waals surface area contributed by atoms with Crippen molar-refractivity contribution in [2.45, 2.75) is 32.0 Å². The lowest BCUT2D eigenvalue weighted by atomic mass is 10.0. The van der Waals surface area contributed by atoms with E-state index in [0.717, 1.165) is 6.42 Å². The van der Waals surface area contributed by atoms with Crippen LogP contribution in [0.5, 0.6) is 0 Å². The largest absolute Gasteiger partial charge is 0.371 e. The van der Waals surface area contributed by atoms with Crippen molar-refractivity contribution in [2.75, 3.05) is 0 Å². The van der Waals surface area contributed by atoms with E-state index in [2.05, 4.69) is 55.5 Å². The van der Waals surface area contributed by atoms with Crippen LogP contribution in [-0.2, 0) is 4.74 Å². The fraction of sp³-hybridized carbons (Fsp3) is 0.294. The van der Waals surface area contributed by atoms with Gasteiger partial charge in [-0.15, -0.1) is 0 Å². The lowest BCUT2D eigenvalue weighted by Gasteiger charge is -2.12. The third-order valence-electron chi connectivity index (χ3n) is 3.62. The van der Waals surface area contributed by atoms with Crippen molar-refractivity contribution in [1.82, 2.24) is 0 Å². The van der Waals surface area contributed by atoms with Crippen molar-refractivity contribution < 1.29 is 4.74 Å². The van der Waals surface area contributed by atoms with E-state index in [1.54, 1.807) is 0 Å². The summed E-state index contributed by atoms with van der Waals surface area (Å²) in [7, 11) is 0.